The van der Waals surface area contributed by atoms with E-state index in [0.29, 0.717) is 6.54 Å². The fourth-order valence-corrected chi connectivity index (χ4v) is 4.90. The lowest BCUT2D eigenvalue weighted by Gasteiger charge is -2.25. The van der Waals surface area contributed by atoms with Crippen molar-refractivity contribution < 1.29 is 9.59 Å². The summed E-state index contributed by atoms with van der Waals surface area (Å²) in [7, 11) is 1.68. The number of para-hydroxylation sites is 1. The molecular formula is C23H26N4O2S. The number of likely N-dealkylation sites (tertiary alicyclic amines) is 1. The fourth-order valence-electron chi connectivity index (χ4n) is 3.76. The van der Waals surface area contributed by atoms with E-state index >= 15 is 0 Å². The zero-order valence-electron chi connectivity index (χ0n) is 17.3. The highest BCUT2D eigenvalue weighted by atomic mass is 32.1. The Balaban J connectivity index is 1.34. The van der Waals surface area contributed by atoms with E-state index in [1.54, 1.807) is 18.4 Å². The van der Waals surface area contributed by atoms with Gasteiger partial charge in [-0.15, -0.1) is 11.3 Å². The highest BCUT2D eigenvalue weighted by molar-refractivity contribution is 7.18. The normalized spacial score (nSPS) is 16.7. The molecule has 1 aliphatic heterocycles. The Kier molecular flexibility index (Phi) is 6.11. The van der Waals surface area contributed by atoms with Gasteiger partial charge in [-0.05, 0) is 50.6 Å². The van der Waals surface area contributed by atoms with Crippen LogP contribution >= 0.6 is 11.3 Å². The summed E-state index contributed by atoms with van der Waals surface area (Å²) in [5.74, 6) is -0.249. The Labute approximate surface area is 180 Å². The van der Waals surface area contributed by atoms with Crippen molar-refractivity contribution in [2.75, 3.05) is 32.0 Å². The molecule has 1 aromatic heterocycles. The van der Waals surface area contributed by atoms with Gasteiger partial charge in [0.15, 0.2) is 0 Å². The highest BCUT2D eigenvalue weighted by Crippen LogP contribution is 2.36. The predicted octanol–water partition coefficient (Wildman–Crippen LogP) is 3.84. The van der Waals surface area contributed by atoms with Gasteiger partial charge in [0.2, 0.25) is 11.8 Å². The molecule has 2 heterocycles. The first kappa shape index (κ1) is 20.5. The minimum absolute atomic E-state index is 0.0341. The molecule has 4 rings (SSSR count). The Hall–Kier alpha value is -2.77. The zero-order valence-corrected chi connectivity index (χ0v) is 18.1. The van der Waals surface area contributed by atoms with Crippen LogP contribution in [0.4, 0.5) is 5.69 Å². The predicted molar refractivity (Wildman–Crippen MR) is 121 cm³/mol. The summed E-state index contributed by atoms with van der Waals surface area (Å²) in [6.45, 7) is 3.20. The Morgan fingerprint density at radius 1 is 1.20 bits per heavy atom. The van der Waals surface area contributed by atoms with Gasteiger partial charge < -0.3 is 10.2 Å². The number of hydrogen-bond donors (Lipinski definition) is 1. The number of amides is 2. The number of carbonyl (C=O) groups is 2. The molecule has 6 nitrogen and oxygen atoms in total. The first-order chi connectivity index (χ1) is 14.5. The summed E-state index contributed by atoms with van der Waals surface area (Å²) in [6.07, 6.45) is 2.05. The first-order valence-electron chi connectivity index (χ1n) is 10.2. The Morgan fingerprint density at radius 3 is 2.73 bits per heavy atom. The maximum atomic E-state index is 12.8. The van der Waals surface area contributed by atoms with Crippen molar-refractivity contribution in [3.8, 4) is 0 Å². The molecule has 0 unspecified atom stereocenters. The third kappa shape index (κ3) is 4.68. The number of thiazole rings is 1. The maximum Gasteiger partial charge on any atom is 0.243 e. The number of aromatic nitrogens is 1. The van der Waals surface area contributed by atoms with E-state index in [0.717, 1.165) is 41.2 Å². The summed E-state index contributed by atoms with van der Waals surface area (Å²) < 4.78 is 1.18. The summed E-state index contributed by atoms with van der Waals surface area (Å²) in [5.41, 5.74) is 2.89. The Bertz CT molecular complexity index is 1010. The summed E-state index contributed by atoms with van der Waals surface area (Å²) in [6, 6.07) is 15.9. The van der Waals surface area contributed by atoms with Gasteiger partial charge >= 0.3 is 0 Å². The van der Waals surface area contributed by atoms with Crippen LogP contribution in [0.3, 0.4) is 0 Å². The van der Waals surface area contributed by atoms with Crippen LogP contribution in [0.2, 0.25) is 0 Å². The fraction of sp³-hybridized carbons (Fsp3) is 0.348. The minimum atomic E-state index is -0.196. The lowest BCUT2D eigenvalue weighted by Crippen LogP contribution is -2.41. The van der Waals surface area contributed by atoms with E-state index < -0.39 is 0 Å². The molecule has 1 saturated heterocycles. The van der Waals surface area contributed by atoms with Gasteiger partial charge in [-0.1, -0.05) is 29.8 Å². The van der Waals surface area contributed by atoms with Crippen molar-refractivity contribution in [3.05, 3.63) is 59.1 Å². The van der Waals surface area contributed by atoms with Crippen LogP contribution in [-0.2, 0) is 9.59 Å². The number of nitrogens with zero attached hydrogens (tertiary/aromatic N) is 3. The summed E-state index contributed by atoms with van der Waals surface area (Å²) >= 11 is 1.70. The number of aryl methyl sites for hydroxylation is 1. The quantitative estimate of drug-likeness (QED) is 0.656. The summed E-state index contributed by atoms with van der Waals surface area (Å²) in [5, 5.41) is 3.91. The Morgan fingerprint density at radius 2 is 1.97 bits per heavy atom. The third-order valence-corrected chi connectivity index (χ3v) is 6.58. The molecule has 0 aliphatic carbocycles. The second kappa shape index (κ2) is 8.93. The third-order valence-electron chi connectivity index (χ3n) is 5.44. The van der Waals surface area contributed by atoms with Gasteiger partial charge in [-0.2, -0.15) is 0 Å². The number of likely N-dealkylation sites (N-methyl/N-ethyl adjacent to an activating group) is 1. The van der Waals surface area contributed by atoms with E-state index in [-0.39, 0.29) is 24.4 Å². The molecule has 1 N–H and O–H groups in total. The lowest BCUT2D eigenvalue weighted by molar-refractivity contribution is -0.134. The van der Waals surface area contributed by atoms with Gasteiger partial charge in [0.05, 0.1) is 29.3 Å². The molecule has 0 spiro atoms. The molecule has 7 heteroatoms. The number of fused-ring (bicyclic) bond motifs is 1. The van der Waals surface area contributed by atoms with E-state index in [9.17, 15) is 9.59 Å². The van der Waals surface area contributed by atoms with Crippen molar-refractivity contribution in [3.63, 3.8) is 0 Å². The molecule has 1 atom stereocenters. The molecule has 0 saturated carbocycles. The van der Waals surface area contributed by atoms with Crippen LogP contribution in [0.25, 0.3) is 10.2 Å². The highest BCUT2D eigenvalue weighted by Gasteiger charge is 2.31. The van der Waals surface area contributed by atoms with E-state index in [1.165, 1.54) is 9.60 Å². The van der Waals surface area contributed by atoms with Crippen molar-refractivity contribution in [2.45, 2.75) is 25.8 Å². The molecule has 2 amide bonds. The van der Waals surface area contributed by atoms with Crippen molar-refractivity contribution in [2.24, 2.45) is 0 Å². The standard InChI is InChI=1S/C23H26N4O2S/c1-16-9-11-17(12-10-16)24-21(28)14-26(2)22(29)15-27-13-5-7-19(27)23-25-18-6-3-4-8-20(18)30-23/h3-4,6,8-12,19H,5,7,13-15H2,1-2H3,(H,24,28)/t19-/m1/s1. The van der Waals surface area contributed by atoms with Gasteiger partial charge in [-0.25, -0.2) is 4.98 Å². The first-order valence-corrected chi connectivity index (χ1v) is 11.0. The second-order valence-electron chi connectivity index (χ2n) is 7.81. The number of hydrogen-bond acceptors (Lipinski definition) is 5. The van der Waals surface area contributed by atoms with Crippen molar-refractivity contribution >= 4 is 39.1 Å². The lowest BCUT2D eigenvalue weighted by atomic mass is 10.2. The van der Waals surface area contributed by atoms with E-state index in [4.69, 9.17) is 4.98 Å². The largest absolute Gasteiger partial charge is 0.335 e. The average Bonchev–Trinajstić information content (AvgIpc) is 3.35. The molecule has 0 radical (unpaired) electrons. The topological polar surface area (TPSA) is 65.5 Å². The molecule has 30 heavy (non-hydrogen) atoms. The second-order valence-corrected chi connectivity index (χ2v) is 8.87. The van der Waals surface area contributed by atoms with Crippen molar-refractivity contribution in [1.82, 2.24) is 14.8 Å². The number of carbonyl (C=O) groups excluding carboxylic acids is 2. The monoisotopic (exact) mass is 422 g/mol. The van der Waals surface area contributed by atoms with Gasteiger partial charge in [0, 0.05) is 12.7 Å². The molecule has 1 fully saturated rings. The van der Waals surface area contributed by atoms with Crippen LogP contribution in [0.5, 0.6) is 0 Å². The number of benzene rings is 2. The van der Waals surface area contributed by atoms with Crippen molar-refractivity contribution in [1.29, 1.82) is 0 Å². The minimum Gasteiger partial charge on any atom is -0.335 e. The van der Waals surface area contributed by atoms with Gasteiger partial charge in [-0.3, -0.25) is 14.5 Å². The molecule has 1 aliphatic rings. The smallest absolute Gasteiger partial charge is 0.243 e. The number of anilines is 1. The van der Waals surface area contributed by atoms with Crippen LogP contribution in [0.1, 0.15) is 29.5 Å². The van der Waals surface area contributed by atoms with Crippen LogP contribution < -0.4 is 5.32 Å². The van der Waals surface area contributed by atoms with Gasteiger partial charge in [0.1, 0.15) is 5.01 Å². The maximum absolute atomic E-state index is 12.8. The summed E-state index contributed by atoms with van der Waals surface area (Å²) in [4.78, 5) is 33.5. The zero-order chi connectivity index (χ0) is 21.1. The molecule has 2 aromatic carbocycles. The van der Waals surface area contributed by atoms with Gasteiger partial charge in [0.25, 0.3) is 0 Å². The number of nitrogens with one attached hydrogen (secondary N) is 1. The molecular weight excluding hydrogens is 396 g/mol. The van der Waals surface area contributed by atoms with Crippen LogP contribution in [0.15, 0.2) is 48.5 Å². The van der Waals surface area contributed by atoms with Crippen LogP contribution in [0, 0.1) is 6.92 Å². The average molecular weight is 423 g/mol. The SMILES string of the molecule is Cc1ccc(NC(=O)CN(C)C(=O)CN2CCC[C@@H]2c2nc3ccccc3s2)cc1. The molecule has 156 valence electrons. The van der Waals surface area contributed by atoms with E-state index in [2.05, 4.69) is 16.3 Å². The molecule has 3 aromatic rings. The molecule has 0 bridgehead atoms. The van der Waals surface area contributed by atoms with Crippen LogP contribution in [-0.4, -0.2) is 53.3 Å². The van der Waals surface area contributed by atoms with E-state index in [1.807, 2.05) is 49.4 Å². The number of rotatable bonds is 6.